The van der Waals surface area contributed by atoms with Gasteiger partial charge in [-0.2, -0.15) is 0 Å². The van der Waals surface area contributed by atoms with Crippen molar-refractivity contribution in [3.63, 3.8) is 0 Å². The van der Waals surface area contributed by atoms with E-state index in [9.17, 15) is 9.59 Å². The molecule has 0 bridgehead atoms. The zero-order valence-corrected chi connectivity index (χ0v) is 20.7. The molecule has 1 aromatic heterocycles. The maximum atomic E-state index is 13.0. The van der Waals surface area contributed by atoms with Gasteiger partial charge in [0.05, 0.1) is 18.8 Å². The van der Waals surface area contributed by atoms with Crippen LogP contribution in [0.1, 0.15) is 64.5 Å². The van der Waals surface area contributed by atoms with Crippen LogP contribution in [0.5, 0.6) is 5.75 Å². The molecule has 1 heterocycles. The summed E-state index contributed by atoms with van der Waals surface area (Å²) in [5, 5.41) is 3.64. The lowest BCUT2D eigenvalue weighted by Gasteiger charge is -2.23. The maximum Gasteiger partial charge on any atom is 0.341 e. The Hall–Kier alpha value is -3.12. The van der Waals surface area contributed by atoms with Gasteiger partial charge in [0.1, 0.15) is 10.8 Å². The highest BCUT2D eigenvalue weighted by atomic mass is 32.1. The molecule has 1 aliphatic rings. The largest absolute Gasteiger partial charge is 0.497 e. The fraction of sp³-hybridized carbons (Fsp3) is 0.357. The highest BCUT2D eigenvalue weighted by Crippen LogP contribution is 2.43. The third-order valence-corrected chi connectivity index (χ3v) is 7.31. The van der Waals surface area contributed by atoms with E-state index in [1.807, 2.05) is 44.2 Å². The molecule has 6 heteroatoms. The SMILES string of the molecule is COc1ccc(CCC(=O)Nc2sc3c(c2C(=O)OC(C)C)CC[C@@H](c2ccccc2)C3)cc1. The number of aryl methyl sites for hydroxylation is 1. The van der Waals surface area contributed by atoms with Crippen molar-refractivity contribution < 1.29 is 19.1 Å². The van der Waals surface area contributed by atoms with Crippen molar-refractivity contribution in [1.82, 2.24) is 0 Å². The Kier molecular flexibility index (Phi) is 7.68. The van der Waals surface area contributed by atoms with Crippen molar-refractivity contribution in [2.75, 3.05) is 12.4 Å². The summed E-state index contributed by atoms with van der Waals surface area (Å²) in [4.78, 5) is 27.0. The standard InChI is InChI=1S/C28H31NO4S/c1-18(2)33-28(31)26-23-15-12-21(20-7-5-4-6-8-20)17-24(23)34-27(26)29-25(30)16-11-19-9-13-22(32-3)14-10-19/h4-10,13-14,18,21H,11-12,15-17H2,1-3H3,(H,29,30)/t21-/m1/s1. The fourth-order valence-corrected chi connectivity index (χ4v) is 5.74. The van der Waals surface area contributed by atoms with Gasteiger partial charge in [0, 0.05) is 11.3 Å². The molecule has 3 aromatic rings. The molecular weight excluding hydrogens is 446 g/mol. The number of hydrogen-bond donors (Lipinski definition) is 1. The summed E-state index contributed by atoms with van der Waals surface area (Å²) in [6.45, 7) is 3.69. The van der Waals surface area contributed by atoms with Gasteiger partial charge >= 0.3 is 5.97 Å². The highest BCUT2D eigenvalue weighted by molar-refractivity contribution is 7.17. The second-order valence-electron chi connectivity index (χ2n) is 8.91. The lowest BCUT2D eigenvalue weighted by molar-refractivity contribution is -0.116. The van der Waals surface area contributed by atoms with E-state index < -0.39 is 0 Å². The van der Waals surface area contributed by atoms with Crippen LogP contribution in [0.25, 0.3) is 0 Å². The van der Waals surface area contributed by atoms with Crippen molar-refractivity contribution in [3.05, 3.63) is 81.7 Å². The number of esters is 1. The molecule has 178 valence electrons. The summed E-state index contributed by atoms with van der Waals surface area (Å²) < 4.78 is 10.7. The van der Waals surface area contributed by atoms with E-state index in [4.69, 9.17) is 9.47 Å². The first-order valence-electron chi connectivity index (χ1n) is 11.8. The lowest BCUT2D eigenvalue weighted by Crippen LogP contribution is -2.19. The highest BCUT2D eigenvalue weighted by Gasteiger charge is 2.31. The number of nitrogens with one attached hydrogen (secondary N) is 1. The number of thiophene rings is 1. The second-order valence-corrected chi connectivity index (χ2v) is 10.0. The van der Waals surface area contributed by atoms with Crippen LogP contribution in [-0.2, 0) is 28.8 Å². The molecular formula is C28H31NO4S. The van der Waals surface area contributed by atoms with E-state index in [0.717, 1.165) is 36.1 Å². The van der Waals surface area contributed by atoms with Gasteiger partial charge in [-0.25, -0.2) is 4.79 Å². The Bertz CT molecular complexity index is 1140. The molecule has 0 radical (unpaired) electrons. The van der Waals surface area contributed by atoms with E-state index in [-0.39, 0.29) is 18.0 Å². The van der Waals surface area contributed by atoms with Crippen LogP contribution >= 0.6 is 11.3 Å². The summed E-state index contributed by atoms with van der Waals surface area (Å²) in [7, 11) is 1.63. The van der Waals surface area contributed by atoms with Crippen LogP contribution in [0, 0.1) is 0 Å². The monoisotopic (exact) mass is 477 g/mol. The molecule has 1 aliphatic carbocycles. The van der Waals surface area contributed by atoms with Gasteiger partial charge in [-0.3, -0.25) is 4.79 Å². The number of hydrogen-bond acceptors (Lipinski definition) is 5. The minimum Gasteiger partial charge on any atom is -0.497 e. The van der Waals surface area contributed by atoms with E-state index in [1.54, 1.807) is 7.11 Å². The molecule has 1 amide bonds. The minimum absolute atomic E-state index is 0.104. The van der Waals surface area contributed by atoms with Crippen molar-refractivity contribution in [2.45, 2.75) is 58.0 Å². The molecule has 5 nitrogen and oxygen atoms in total. The number of amides is 1. The average Bonchev–Trinajstić information content (AvgIpc) is 3.20. The molecule has 1 atom stereocenters. The number of fused-ring (bicyclic) bond motifs is 1. The quantitative estimate of drug-likeness (QED) is 0.394. The smallest absolute Gasteiger partial charge is 0.341 e. The summed E-state index contributed by atoms with van der Waals surface area (Å²) >= 11 is 1.52. The minimum atomic E-state index is -0.351. The number of rotatable bonds is 8. The zero-order valence-electron chi connectivity index (χ0n) is 19.9. The first-order chi connectivity index (χ1) is 16.4. The third kappa shape index (κ3) is 5.68. The van der Waals surface area contributed by atoms with Crippen LogP contribution < -0.4 is 10.1 Å². The Morgan fingerprint density at radius 3 is 2.50 bits per heavy atom. The summed E-state index contributed by atoms with van der Waals surface area (Å²) in [5.74, 6) is 0.753. The molecule has 1 N–H and O–H groups in total. The van der Waals surface area contributed by atoms with Gasteiger partial charge < -0.3 is 14.8 Å². The topological polar surface area (TPSA) is 64.6 Å². The van der Waals surface area contributed by atoms with Gasteiger partial charge in [0.25, 0.3) is 0 Å². The first kappa shape index (κ1) is 24.0. The summed E-state index contributed by atoms with van der Waals surface area (Å²) in [5.41, 5.74) is 3.95. The number of carbonyl (C=O) groups excluding carboxylic acids is 2. The summed E-state index contributed by atoms with van der Waals surface area (Å²) in [6, 6.07) is 18.2. The maximum absolute atomic E-state index is 13.0. The number of ether oxygens (including phenoxy) is 2. The predicted molar refractivity (Wildman–Crippen MR) is 136 cm³/mol. The number of benzene rings is 2. The molecule has 0 aliphatic heterocycles. The normalized spacial score (nSPS) is 15.0. The first-order valence-corrected chi connectivity index (χ1v) is 12.6. The average molecular weight is 478 g/mol. The van der Waals surface area contributed by atoms with Crippen LogP contribution in [0.15, 0.2) is 54.6 Å². The van der Waals surface area contributed by atoms with Crippen LogP contribution in [0.3, 0.4) is 0 Å². The molecule has 34 heavy (non-hydrogen) atoms. The van der Waals surface area contributed by atoms with Crippen LogP contribution in [0.4, 0.5) is 5.00 Å². The van der Waals surface area contributed by atoms with Crippen LogP contribution in [-0.4, -0.2) is 25.1 Å². The van der Waals surface area contributed by atoms with E-state index in [2.05, 4.69) is 29.6 Å². The molecule has 0 unspecified atom stereocenters. The second kappa shape index (κ2) is 10.9. The van der Waals surface area contributed by atoms with E-state index >= 15 is 0 Å². The summed E-state index contributed by atoms with van der Waals surface area (Å²) in [6.07, 6.45) is 3.37. The number of methoxy groups -OCH3 is 1. The van der Waals surface area contributed by atoms with Crippen molar-refractivity contribution in [3.8, 4) is 5.75 Å². The van der Waals surface area contributed by atoms with E-state index in [1.165, 1.54) is 21.8 Å². The van der Waals surface area contributed by atoms with Gasteiger partial charge in [-0.05, 0) is 74.3 Å². The molecule has 0 fully saturated rings. The van der Waals surface area contributed by atoms with E-state index in [0.29, 0.717) is 29.3 Å². The molecule has 0 saturated heterocycles. The Morgan fingerprint density at radius 1 is 1.09 bits per heavy atom. The third-order valence-electron chi connectivity index (χ3n) is 6.14. The predicted octanol–water partition coefficient (Wildman–Crippen LogP) is 6.17. The van der Waals surface area contributed by atoms with Gasteiger partial charge in [0.2, 0.25) is 5.91 Å². The van der Waals surface area contributed by atoms with Gasteiger partial charge in [0.15, 0.2) is 0 Å². The van der Waals surface area contributed by atoms with Gasteiger partial charge in [-0.15, -0.1) is 11.3 Å². The van der Waals surface area contributed by atoms with Crippen LogP contribution in [0.2, 0.25) is 0 Å². The Balaban J connectivity index is 1.51. The van der Waals surface area contributed by atoms with Crippen molar-refractivity contribution >= 4 is 28.2 Å². The van der Waals surface area contributed by atoms with Crippen molar-refractivity contribution in [1.29, 1.82) is 0 Å². The molecule has 0 spiro atoms. The number of carbonyl (C=O) groups is 2. The molecule has 0 saturated carbocycles. The lowest BCUT2D eigenvalue weighted by atomic mass is 9.83. The van der Waals surface area contributed by atoms with Gasteiger partial charge in [-0.1, -0.05) is 42.5 Å². The Morgan fingerprint density at radius 2 is 1.82 bits per heavy atom. The Labute approximate surface area is 205 Å². The van der Waals surface area contributed by atoms with Crippen molar-refractivity contribution in [2.24, 2.45) is 0 Å². The molecule has 2 aromatic carbocycles. The zero-order chi connectivity index (χ0) is 24.1. The number of anilines is 1. The molecule has 4 rings (SSSR count). The fourth-order valence-electron chi connectivity index (χ4n) is 4.41.